The molecule has 3 heterocycles. The zero-order chi connectivity index (χ0) is 25.0. The highest BCUT2D eigenvalue weighted by Gasteiger charge is 2.74. The van der Waals surface area contributed by atoms with Crippen molar-refractivity contribution in [3.63, 3.8) is 0 Å². The third-order valence-corrected chi connectivity index (χ3v) is 7.83. The molecule has 3 amide bonds. The molecule has 4 rings (SSSR count). The number of carbonyl (C=O) groups is 3. The highest BCUT2D eigenvalue weighted by molar-refractivity contribution is 5.99. The number of likely N-dealkylation sites (tertiary alicyclic amines) is 1. The number of hydrogen-bond donors (Lipinski definition) is 3. The molecule has 0 aliphatic carbocycles. The number of unbranched alkanes of at least 4 members (excludes halogenated alkanes) is 2. The van der Waals surface area contributed by atoms with Crippen molar-refractivity contribution < 1.29 is 24.2 Å². The van der Waals surface area contributed by atoms with Crippen LogP contribution in [0.4, 0.5) is 0 Å². The number of nitrogens with zero attached hydrogens (tertiary/aromatic N) is 1. The zero-order valence-corrected chi connectivity index (χ0v) is 20.9. The number of ether oxygens (including phenoxy) is 1. The molecule has 192 valence electrons. The molecule has 2 bridgehead atoms. The van der Waals surface area contributed by atoms with Crippen LogP contribution in [0.25, 0.3) is 0 Å². The lowest BCUT2D eigenvalue weighted by Gasteiger charge is -2.34. The van der Waals surface area contributed by atoms with Crippen molar-refractivity contribution in [2.45, 2.75) is 89.1 Å². The maximum atomic E-state index is 13.8. The van der Waals surface area contributed by atoms with Crippen molar-refractivity contribution >= 4 is 17.7 Å². The Hall–Kier alpha value is -2.45. The van der Waals surface area contributed by atoms with Crippen LogP contribution in [0.5, 0.6) is 0 Å². The number of aliphatic hydroxyl groups excluding tert-OH is 1. The van der Waals surface area contributed by atoms with Crippen LogP contribution < -0.4 is 10.6 Å². The second-order valence-corrected chi connectivity index (χ2v) is 10.3. The number of rotatable bonds is 12. The van der Waals surface area contributed by atoms with E-state index in [-0.39, 0.29) is 36.5 Å². The van der Waals surface area contributed by atoms with Gasteiger partial charge in [0.2, 0.25) is 17.7 Å². The minimum absolute atomic E-state index is 0.00198. The average Bonchev–Trinajstić information content (AvgIpc) is 3.48. The average molecular weight is 486 g/mol. The van der Waals surface area contributed by atoms with Gasteiger partial charge in [0.25, 0.3) is 0 Å². The molecule has 8 nitrogen and oxygen atoms in total. The molecule has 3 saturated heterocycles. The standard InChI is InChI=1S/C27H39N3O5/c1-3-10-18(2)29-25(33)23-27-14-13-20(35-27)21(24(32)28-17-19-11-6-4-7-12-19)22(27)26(34)30(23)15-8-5-9-16-31/h4,6-7,11-12,18,20-23,31H,3,5,8-10,13-17H2,1-2H3,(H,28,32)(H,29,33)/t18?,20-,21+,22+,23?,27?/m1/s1. The van der Waals surface area contributed by atoms with Crippen LogP contribution in [0.15, 0.2) is 30.3 Å². The fourth-order valence-electron chi connectivity index (χ4n) is 6.29. The number of benzene rings is 1. The Morgan fingerprint density at radius 3 is 2.69 bits per heavy atom. The summed E-state index contributed by atoms with van der Waals surface area (Å²) in [5.74, 6) is -1.76. The Kier molecular flexibility index (Phi) is 8.12. The zero-order valence-electron chi connectivity index (χ0n) is 20.9. The molecule has 8 heteroatoms. The van der Waals surface area contributed by atoms with E-state index in [0.29, 0.717) is 38.8 Å². The number of fused-ring (bicyclic) bond motifs is 1. The van der Waals surface area contributed by atoms with Crippen molar-refractivity contribution in [3.8, 4) is 0 Å². The first-order valence-electron chi connectivity index (χ1n) is 13.1. The molecule has 35 heavy (non-hydrogen) atoms. The number of aliphatic hydroxyl groups is 1. The van der Waals surface area contributed by atoms with Gasteiger partial charge in [-0.15, -0.1) is 0 Å². The largest absolute Gasteiger partial charge is 0.396 e. The topological polar surface area (TPSA) is 108 Å². The molecule has 0 radical (unpaired) electrons. The Bertz CT molecular complexity index is 909. The van der Waals surface area contributed by atoms with Crippen LogP contribution in [-0.2, 0) is 25.7 Å². The summed E-state index contributed by atoms with van der Waals surface area (Å²) in [6.45, 7) is 4.97. The third kappa shape index (κ3) is 4.96. The molecule has 3 aliphatic rings. The third-order valence-electron chi connectivity index (χ3n) is 7.83. The van der Waals surface area contributed by atoms with Crippen molar-refractivity contribution in [3.05, 3.63) is 35.9 Å². The molecule has 0 aromatic heterocycles. The van der Waals surface area contributed by atoms with Crippen LogP contribution in [0.3, 0.4) is 0 Å². The van der Waals surface area contributed by atoms with Gasteiger partial charge >= 0.3 is 0 Å². The van der Waals surface area contributed by atoms with Gasteiger partial charge in [0.05, 0.1) is 17.9 Å². The molecule has 3 N–H and O–H groups in total. The van der Waals surface area contributed by atoms with E-state index in [0.717, 1.165) is 24.8 Å². The van der Waals surface area contributed by atoms with Crippen molar-refractivity contribution in [1.29, 1.82) is 0 Å². The molecule has 6 atom stereocenters. The summed E-state index contributed by atoms with van der Waals surface area (Å²) in [6.07, 6.45) is 4.84. The SMILES string of the molecule is CCCC(C)NC(=O)C1N(CCCCCO)C(=O)[C@@H]2[C@@H](C(=O)NCc3ccccc3)[C@H]3CCC12O3. The van der Waals surface area contributed by atoms with Gasteiger partial charge < -0.3 is 25.4 Å². The lowest BCUT2D eigenvalue weighted by molar-refractivity contribution is -0.142. The normalized spacial score (nSPS) is 29.8. The summed E-state index contributed by atoms with van der Waals surface area (Å²) in [7, 11) is 0. The maximum absolute atomic E-state index is 13.8. The van der Waals surface area contributed by atoms with E-state index >= 15 is 0 Å². The molecule has 1 aromatic rings. The predicted octanol–water partition coefficient (Wildman–Crippen LogP) is 2.14. The number of hydrogen-bond acceptors (Lipinski definition) is 5. The van der Waals surface area contributed by atoms with Gasteiger partial charge in [0.15, 0.2) is 0 Å². The summed E-state index contributed by atoms with van der Waals surface area (Å²) in [6, 6.07) is 8.95. The van der Waals surface area contributed by atoms with Crippen molar-refractivity contribution in [1.82, 2.24) is 15.5 Å². The van der Waals surface area contributed by atoms with Crippen LogP contribution in [-0.4, -0.2) is 64.7 Å². The maximum Gasteiger partial charge on any atom is 0.246 e. The van der Waals surface area contributed by atoms with Crippen LogP contribution >= 0.6 is 0 Å². The van der Waals surface area contributed by atoms with Crippen molar-refractivity contribution in [2.24, 2.45) is 11.8 Å². The number of carbonyl (C=O) groups excluding carboxylic acids is 3. The molecular formula is C27H39N3O5. The van der Waals surface area contributed by atoms with Gasteiger partial charge in [-0.25, -0.2) is 0 Å². The summed E-state index contributed by atoms with van der Waals surface area (Å²) in [5, 5.41) is 15.2. The van der Waals surface area contributed by atoms with Gasteiger partial charge in [-0.05, 0) is 51.0 Å². The Morgan fingerprint density at radius 1 is 1.20 bits per heavy atom. The van der Waals surface area contributed by atoms with Crippen LogP contribution in [0.2, 0.25) is 0 Å². The predicted molar refractivity (Wildman–Crippen MR) is 131 cm³/mol. The van der Waals surface area contributed by atoms with Gasteiger partial charge in [-0.3, -0.25) is 14.4 Å². The molecular weight excluding hydrogens is 446 g/mol. The minimum atomic E-state index is -0.955. The van der Waals surface area contributed by atoms with Gasteiger partial charge in [-0.2, -0.15) is 0 Å². The van der Waals surface area contributed by atoms with Gasteiger partial charge in [-0.1, -0.05) is 43.7 Å². The quantitative estimate of drug-likeness (QED) is 0.393. The summed E-state index contributed by atoms with van der Waals surface area (Å²) in [5.41, 5.74) is 0.0359. The fourth-order valence-corrected chi connectivity index (χ4v) is 6.29. The monoisotopic (exact) mass is 485 g/mol. The Labute approximate surface area is 207 Å². The molecule has 1 aromatic carbocycles. The molecule has 3 fully saturated rings. The highest BCUT2D eigenvalue weighted by atomic mass is 16.5. The Balaban J connectivity index is 1.55. The molecule has 3 aliphatic heterocycles. The molecule has 0 saturated carbocycles. The van der Waals surface area contributed by atoms with E-state index in [2.05, 4.69) is 17.6 Å². The van der Waals surface area contributed by atoms with Crippen LogP contribution in [0, 0.1) is 11.8 Å². The van der Waals surface area contributed by atoms with Gasteiger partial charge in [0.1, 0.15) is 11.6 Å². The smallest absolute Gasteiger partial charge is 0.246 e. The second-order valence-electron chi connectivity index (χ2n) is 10.3. The lowest BCUT2D eigenvalue weighted by atomic mass is 9.70. The first-order chi connectivity index (χ1) is 16.9. The van der Waals surface area contributed by atoms with Gasteiger partial charge in [0, 0.05) is 25.7 Å². The first-order valence-corrected chi connectivity index (χ1v) is 13.1. The molecule has 3 unspecified atom stereocenters. The van der Waals surface area contributed by atoms with E-state index in [1.165, 1.54) is 0 Å². The summed E-state index contributed by atoms with van der Waals surface area (Å²) >= 11 is 0. The van der Waals surface area contributed by atoms with Crippen molar-refractivity contribution in [2.75, 3.05) is 13.2 Å². The van der Waals surface area contributed by atoms with Crippen LogP contribution in [0.1, 0.15) is 64.4 Å². The molecule has 1 spiro atoms. The van der Waals surface area contributed by atoms with E-state index in [4.69, 9.17) is 9.84 Å². The fraction of sp³-hybridized carbons (Fsp3) is 0.667. The van der Waals surface area contributed by atoms with E-state index in [9.17, 15) is 14.4 Å². The summed E-state index contributed by atoms with van der Waals surface area (Å²) in [4.78, 5) is 42.4. The Morgan fingerprint density at radius 2 is 1.97 bits per heavy atom. The minimum Gasteiger partial charge on any atom is -0.396 e. The number of nitrogens with one attached hydrogen (secondary N) is 2. The summed E-state index contributed by atoms with van der Waals surface area (Å²) < 4.78 is 6.45. The van der Waals surface area contributed by atoms with E-state index in [1.807, 2.05) is 37.3 Å². The lowest BCUT2D eigenvalue weighted by Crippen LogP contribution is -2.56. The highest BCUT2D eigenvalue weighted by Crippen LogP contribution is 2.58. The van der Waals surface area contributed by atoms with E-state index in [1.54, 1.807) is 4.90 Å². The first kappa shape index (κ1) is 25.6. The number of amides is 3. The van der Waals surface area contributed by atoms with E-state index < -0.39 is 23.5 Å². The second kappa shape index (κ2) is 11.1.